The minimum atomic E-state index is 0.619. The molecule has 4 nitrogen and oxygen atoms in total. The summed E-state index contributed by atoms with van der Waals surface area (Å²) in [5.74, 6) is 0. The van der Waals surface area contributed by atoms with Gasteiger partial charge in [-0.05, 0) is 33.7 Å². The second-order valence-corrected chi connectivity index (χ2v) is 5.27. The van der Waals surface area contributed by atoms with Crippen molar-refractivity contribution in [2.75, 3.05) is 20.1 Å². The monoisotopic (exact) mass is 236 g/mol. The zero-order chi connectivity index (χ0) is 12.3. The summed E-state index contributed by atoms with van der Waals surface area (Å²) in [5.41, 5.74) is 1.32. The van der Waals surface area contributed by atoms with Crippen molar-refractivity contribution in [3.8, 4) is 0 Å². The number of hydrogen-bond donors (Lipinski definition) is 1. The van der Waals surface area contributed by atoms with E-state index in [1.165, 1.54) is 18.5 Å². The summed E-state index contributed by atoms with van der Waals surface area (Å²) in [6.45, 7) is 7.51. The van der Waals surface area contributed by atoms with E-state index in [1.807, 2.05) is 12.5 Å². The predicted octanol–water partition coefficient (Wildman–Crippen LogP) is 1.65. The van der Waals surface area contributed by atoms with Gasteiger partial charge in [-0.15, -0.1) is 0 Å². The van der Waals surface area contributed by atoms with Gasteiger partial charge in [-0.25, -0.2) is 4.98 Å². The van der Waals surface area contributed by atoms with Crippen molar-refractivity contribution in [1.82, 2.24) is 19.8 Å². The summed E-state index contributed by atoms with van der Waals surface area (Å²) >= 11 is 0. The van der Waals surface area contributed by atoms with Crippen LogP contribution in [0.2, 0.25) is 0 Å². The van der Waals surface area contributed by atoms with Gasteiger partial charge in [-0.1, -0.05) is 0 Å². The van der Waals surface area contributed by atoms with E-state index in [0.717, 1.165) is 25.7 Å². The first-order valence-electron chi connectivity index (χ1n) is 6.60. The summed E-state index contributed by atoms with van der Waals surface area (Å²) in [6.07, 6.45) is 6.59. The molecule has 0 aromatic carbocycles. The number of hydrogen-bond acceptors (Lipinski definition) is 3. The number of aromatic nitrogens is 2. The number of rotatable bonds is 7. The Morgan fingerprint density at radius 3 is 2.94 bits per heavy atom. The van der Waals surface area contributed by atoms with E-state index >= 15 is 0 Å². The first-order valence-corrected chi connectivity index (χ1v) is 6.60. The molecule has 1 aromatic heterocycles. The van der Waals surface area contributed by atoms with Crippen LogP contribution in [0.4, 0.5) is 0 Å². The first-order chi connectivity index (χ1) is 8.18. The average Bonchev–Trinajstić information content (AvgIpc) is 3.04. The highest BCUT2D eigenvalue weighted by atomic mass is 15.1. The van der Waals surface area contributed by atoms with Gasteiger partial charge in [0, 0.05) is 37.9 Å². The molecule has 4 heteroatoms. The summed E-state index contributed by atoms with van der Waals surface area (Å²) in [6, 6.07) is 1.35. The van der Waals surface area contributed by atoms with Crippen molar-refractivity contribution in [2.24, 2.45) is 0 Å². The van der Waals surface area contributed by atoms with Gasteiger partial charge in [0.05, 0.1) is 12.0 Å². The summed E-state index contributed by atoms with van der Waals surface area (Å²) < 4.78 is 2.32. The molecule has 1 aliphatic carbocycles. The van der Waals surface area contributed by atoms with Crippen LogP contribution in [0, 0.1) is 0 Å². The molecule has 2 rings (SSSR count). The fraction of sp³-hybridized carbons (Fsp3) is 0.769. The lowest BCUT2D eigenvalue weighted by atomic mass is 10.3. The average molecular weight is 236 g/mol. The van der Waals surface area contributed by atoms with E-state index in [0.29, 0.717) is 6.04 Å². The molecule has 1 aliphatic rings. The molecule has 1 fully saturated rings. The van der Waals surface area contributed by atoms with Gasteiger partial charge in [-0.2, -0.15) is 0 Å². The zero-order valence-corrected chi connectivity index (χ0v) is 11.2. The fourth-order valence-corrected chi connectivity index (χ4v) is 1.88. The summed E-state index contributed by atoms with van der Waals surface area (Å²) in [7, 11) is 2.17. The molecule has 96 valence electrons. The molecule has 0 amide bonds. The van der Waals surface area contributed by atoms with Crippen LogP contribution in [0.1, 0.15) is 38.4 Å². The Labute approximate surface area is 104 Å². The maximum Gasteiger partial charge on any atom is 0.0951 e. The Hall–Kier alpha value is -0.870. The highest BCUT2D eigenvalue weighted by Crippen LogP contribution is 2.35. The second kappa shape index (κ2) is 5.65. The van der Waals surface area contributed by atoms with Gasteiger partial charge >= 0.3 is 0 Å². The van der Waals surface area contributed by atoms with Crippen molar-refractivity contribution >= 4 is 0 Å². The molecule has 1 saturated carbocycles. The quantitative estimate of drug-likeness (QED) is 0.731. The number of nitrogens with one attached hydrogen (secondary N) is 1. The van der Waals surface area contributed by atoms with Crippen LogP contribution in [0.3, 0.4) is 0 Å². The first kappa shape index (κ1) is 12.6. The van der Waals surface area contributed by atoms with Crippen LogP contribution in [0.5, 0.6) is 0 Å². The van der Waals surface area contributed by atoms with Crippen LogP contribution in [0.15, 0.2) is 12.5 Å². The largest absolute Gasteiger partial charge is 0.330 e. The third-order valence-corrected chi connectivity index (χ3v) is 3.52. The lowest BCUT2D eigenvalue weighted by Gasteiger charge is -2.21. The van der Waals surface area contributed by atoms with Gasteiger partial charge in [0.25, 0.3) is 0 Å². The normalized spacial score (nSPS) is 16.1. The maximum atomic E-state index is 4.24. The Kier molecular flexibility index (Phi) is 4.18. The van der Waals surface area contributed by atoms with E-state index in [-0.39, 0.29) is 0 Å². The third-order valence-electron chi connectivity index (χ3n) is 3.52. The summed E-state index contributed by atoms with van der Waals surface area (Å²) in [5, 5.41) is 3.49. The Morgan fingerprint density at radius 1 is 1.53 bits per heavy atom. The van der Waals surface area contributed by atoms with Crippen LogP contribution < -0.4 is 5.32 Å². The number of nitrogens with zero attached hydrogens (tertiary/aromatic N) is 3. The standard InChI is InChI=1S/C13H24N4/c1-11(2)16(3)7-6-14-8-13-9-15-10-17(13)12-4-5-12/h9-12,14H,4-8H2,1-3H3. The molecule has 0 spiro atoms. The maximum absolute atomic E-state index is 4.24. The predicted molar refractivity (Wildman–Crippen MR) is 70.0 cm³/mol. The van der Waals surface area contributed by atoms with E-state index in [4.69, 9.17) is 0 Å². The van der Waals surface area contributed by atoms with Crippen LogP contribution in [-0.2, 0) is 6.54 Å². The van der Waals surface area contributed by atoms with Crippen molar-refractivity contribution in [3.63, 3.8) is 0 Å². The molecular weight excluding hydrogens is 212 g/mol. The topological polar surface area (TPSA) is 33.1 Å². The van der Waals surface area contributed by atoms with Crippen LogP contribution >= 0.6 is 0 Å². The van der Waals surface area contributed by atoms with Gasteiger partial charge in [0.15, 0.2) is 0 Å². The molecule has 17 heavy (non-hydrogen) atoms. The van der Waals surface area contributed by atoms with E-state index in [2.05, 4.69) is 40.7 Å². The molecule has 1 aromatic rings. The van der Waals surface area contributed by atoms with E-state index in [9.17, 15) is 0 Å². The second-order valence-electron chi connectivity index (χ2n) is 5.27. The van der Waals surface area contributed by atoms with Crippen molar-refractivity contribution in [1.29, 1.82) is 0 Å². The highest BCUT2D eigenvalue weighted by molar-refractivity contribution is 5.03. The molecule has 1 N–H and O–H groups in total. The van der Waals surface area contributed by atoms with Gasteiger partial charge in [0.2, 0.25) is 0 Å². The van der Waals surface area contributed by atoms with Gasteiger partial charge in [-0.3, -0.25) is 0 Å². The van der Waals surface area contributed by atoms with Crippen LogP contribution in [0.25, 0.3) is 0 Å². The van der Waals surface area contributed by atoms with E-state index < -0.39 is 0 Å². The van der Waals surface area contributed by atoms with Crippen molar-refractivity contribution in [3.05, 3.63) is 18.2 Å². The SMILES string of the molecule is CC(C)N(C)CCNCc1cncn1C1CC1. The molecule has 0 saturated heterocycles. The van der Waals surface area contributed by atoms with Crippen molar-refractivity contribution in [2.45, 2.75) is 45.3 Å². The number of likely N-dealkylation sites (N-methyl/N-ethyl adjacent to an activating group) is 1. The smallest absolute Gasteiger partial charge is 0.0951 e. The van der Waals surface area contributed by atoms with Crippen LogP contribution in [-0.4, -0.2) is 40.6 Å². The molecular formula is C13H24N4. The minimum Gasteiger partial charge on any atom is -0.330 e. The fourth-order valence-electron chi connectivity index (χ4n) is 1.88. The molecule has 0 atom stereocenters. The zero-order valence-electron chi connectivity index (χ0n) is 11.2. The van der Waals surface area contributed by atoms with Gasteiger partial charge < -0.3 is 14.8 Å². The Balaban J connectivity index is 1.69. The molecule has 0 unspecified atom stereocenters. The molecule has 0 bridgehead atoms. The molecule has 0 aliphatic heterocycles. The lowest BCUT2D eigenvalue weighted by Crippen LogP contribution is -2.33. The van der Waals surface area contributed by atoms with Crippen molar-refractivity contribution < 1.29 is 0 Å². The minimum absolute atomic E-state index is 0.619. The Morgan fingerprint density at radius 2 is 2.29 bits per heavy atom. The lowest BCUT2D eigenvalue weighted by molar-refractivity contribution is 0.273. The number of imidazole rings is 1. The highest BCUT2D eigenvalue weighted by Gasteiger charge is 2.24. The third kappa shape index (κ3) is 3.54. The molecule has 1 heterocycles. The van der Waals surface area contributed by atoms with Gasteiger partial charge in [0.1, 0.15) is 0 Å². The summed E-state index contributed by atoms with van der Waals surface area (Å²) in [4.78, 5) is 6.59. The van der Waals surface area contributed by atoms with E-state index in [1.54, 1.807) is 0 Å². The molecule has 0 radical (unpaired) electrons. The Bertz CT molecular complexity index is 341.